The van der Waals surface area contributed by atoms with E-state index in [9.17, 15) is 4.79 Å². The molecule has 0 unspecified atom stereocenters. The number of ether oxygens (including phenoxy) is 1. The summed E-state index contributed by atoms with van der Waals surface area (Å²) in [5, 5.41) is 3.02. The van der Waals surface area contributed by atoms with Gasteiger partial charge < -0.3 is 14.5 Å². The molecule has 0 aliphatic carbocycles. The third kappa shape index (κ3) is 3.23. The second kappa shape index (κ2) is 5.60. The Morgan fingerprint density at radius 2 is 2.10 bits per heavy atom. The molecule has 112 valence electrons. The minimum Gasteiger partial charge on any atom is -0.466 e. The molecule has 0 radical (unpaired) electrons. The minimum absolute atomic E-state index is 0.0566. The fraction of sp³-hybridized carbons (Fsp3) is 0.688. The van der Waals surface area contributed by atoms with Crippen molar-refractivity contribution >= 4 is 5.91 Å². The van der Waals surface area contributed by atoms with Crippen molar-refractivity contribution in [2.75, 3.05) is 13.2 Å². The van der Waals surface area contributed by atoms with Crippen molar-refractivity contribution in [2.24, 2.45) is 11.3 Å². The average Bonchev–Trinajstić information content (AvgIpc) is 2.91. The summed E-state index contributed by atoms with van der Waals surface area (Å²) in [6, 6.07) is 1.79. The van der Waals surface area contributed by atoms with Gasteiger partial charge in [0.1, 0.15) is 11.5 Å². The first-order chi connectivity index (χ1) is 9.29. The summed E-state index contributed by atoms with van der Waals surface area (Å²) in [6.45, 7) is 11.7. The molecule has 1 aliphatic rings. The number of amides is 1. The molecule has 1 amide bonds. The molecule has 1 fully saturated rings. The van der Waals surface area contributed by atoms with E-state index in [0.717, 1.165) is 18.8 Å². The Kier molecular flexibility index (Phi) is 4.23. The predicted octanol–water partition coefficient (Wildman–Crippen LogP) is 3.08. The van der Waals surface area contributed by atoms with Crippen LogP contribution in [0.3, 0.4) is 0 Å². The van der Waals surface area contributed by atoms with Crippen LogP contribution in [0.1, 0.15) is 49.1 Å². The van der Waals surface area contributed by atoms with E-state index in [4.69, 9.17) is 9.15 Å². The smallest absolute Gasteiger partial charge is 0.254 e. The zero-order chi connectivity index (χ0) is 14.9. The number of rotatable bonds is 3. The van der Waals surface area contributed by atoms with Crippen molar-refractivity contribution < 1.29 is 13.9 Å². The van der Waals surface area contributed by atoms with Crippen molar-refractivity contribution in [3.8, 4) is 0 Å². The first kappa shape index (κ1) is 15.1. The normalized spacial score (nSPS) is 23.1. The molecule has 1 aliphatic heterocycles. The van der Waals surface area contributed by atoms with E-state index in [1.165, 1.54) is 0 Å². The lowest BCUT2D eigenvalue weighted by Crippen LogP contribution is -2.38. The molecule has 20 heavy (non-hydrogen) atoms. The molecule has 4 heteroatoms. The summed E-state index contributed by atoms with van der Waals surface area (Å²) in [5.41, 5.74) is 0.738. The van der Waals surface area contributed by atoms with Gasteiger partial charge in [-0.05, 0) is 31.7 Å². The second-order valence-corrected chi connectivity index (χ2v) is 6.74. The highest BCUT2D eigenvalue weighted by atomic mass is 16.5. The van der Waals surface area contributed by atoms with E-state index >= 15 is 0 Å². The summed E-state index contributed by atoms with van der Waals surface area (Å²) in [7, 11) is 0. The van der Waals surface area contributed by atoms with Gasteiger partial charge in [0.2, 0.25) is 0 Å². The highest BCUT2D eigenvalue weighted by Crippen LogP contribution is 2.34. The van der Waals surface area contributed by atoms with Crippen molar-refractivity contribution in [1.82, 2.24) is 5.32 Å². The lowest BCUT2D eigenvalue weighted by molar-refractivity contribution is 0.00737. The summed E-state index contributed by atoms with van der Waals surface area (Å²) >= 11 is 0. The third-order valence-electron chi connectivity index (χ3n) is 3.88. The molecule has 2 rings (SSSR count). The fourth-order valence-electron chi connectivity index (χ4n) is 2.98. The molecule has 1 aromatic heterocycles. The summed E-state index contributed by atoms with van der Waals surface area (Å²) < 4.78 is 11.2. The molecule has 1 saturated heterocycles. The van der Waals surface area contributed by atoms with Gasteiger partial charge in [0.15, 0.2) is 0 Å². The van der Waals surface area contributed by atoms with Crippen LogP contribution < -0.4 is 5.32 Å². The number of carbonyl (C=O) groups excluding carboxylic acids is 1. The number of hydrogen-bond donors (Lipinski definition) is 1. The zero-order valence-corrected chi connectivity index (χ0v) is 13.1. The van der Waals surface area contributed by atoms with E-state index in [-0.39, 0.29) is 17.4 Å². The van der Waals surface area contributed by atoms with Crippen LogP contribution in [0.15, 0.2) is 10.5 Å². The second-order valence-electron chi connectivity index (χ2n) is 6.74. The molecule has 1 aromatic rings. The van der Waals surface area contributed by atoms with E-state index in [2.05, 4.69) is 26.1 Å². The number of nitrogens with one attached hydrogen (secondary N) is 1. The summed E-state index contributed by atoms with van der Waals surface area (Å²) in [5.74, 6) is 1.77. The molecular formula is C16H25NO3. The van der Waals surface area contributed by atoms with Crippen LogP contribution in [-0.2, 0) is 4.74 Å². The molecule has 2 heterocycles. The molecule has 0 aromatic carbocycles. The molecule has 2 atom stereocenters. The monoisotopic (exact) mass is 279 g/mol. The van der Waals surface area contributed by atoms with Gasteiger partial charge in [-0.15, -0.1) is 0 Å². The number of aryl methyl sites for hydroxylation is 2. The highest BCUT2D eigenvalue weighted by molar-refractivity contribution is 5.95. The van der Waals surface area contributed by atoms with Gasteiger partial charge in [-0.25, -0.2) is 0 Å². The molecular weight excluding hydrogens is 254 g/mol. The van der Waals surface area contributed by atoms with Crippen LogP contribution in [0.2, 0.25) is 0 Å². The van der Waals surface area contributed by atoms with Crippen LogP contribution in [0.4, 0.5) is 0 Å². The standard InChI is InChI=1S/C16H25NO3/c1-10-8-13(11(2)20-10)15(18)17-9-12-6-7-19-14(12)16(3,4)5/h8,12,14H,6-7,9H2,1-5H3,(H,17,18)/t12-,14+/m1/s1. The number of furan rings is 1. The van der Waals surface area contributed by atoms with Gasteiger partial charge in [0.05, 0.1) is 11.7 Å². The minimum atomic E-state index is -0.0566. The Hall–Kier alpha value is -1.29. The van der Waals surface area contributed by atoms with Crippen molar-refractivity contribution in [3.05, 3.63) is 23.2 Å². The predicted molar refractivity (Wildman–Crippen MR) is 77.8 cm³/mol. The topological polar surface area (TPSA) is 51.5 Å². The van der Waals surface area contributed by atoms with Gasteiger partial charge in [-0.3, -0.25) is 4.79 Å². The van der Waals surface area contributed by atoms with E-state index in [0.29, 0.717) is 23.8 Å². The molecule has 0 bridgehead atoms. The Labute approximate surface area is 120 Å². The van der Waals surface area contributed by atoms with Crippen LogP contribution in [-0.4, -0.2) is 25.2 Å². The first-order valence-corrected chi connectivity index (χ1v) is 7.26. The largest absolute Gasteiger partial charge is 0.466 e. The fourth-order valence-corrected chi connectivity index (χ4v) is 2.98. The van der Waals surface area contributed by atoms with E-state index < -0.39 is 0 Å². The van der Waals surface area contributed by atoms with E-state index in [1.807, 2.05) is 13.8 Å². The molecule has 1 N–H and O–H groups in total. The number of hydrogen-bond acceptors (Lipinski definition) is 3. The Morgan fingerprint density at radius 3 is 2.65 bits per heavy atom. The van der Waals surface area contributed by atoms with Crippen LogP contribution in [0, 0.1) is 25.2 Å². The third-order valence-corrected chi connectivity index (χ3v) is 3.88. The molecule has 0 spiro atoms. The molecule has 0 saturated carbocycles. The maximum absolute atomic E-state index is 12.2. The van der Waals surface area contributed by atoms with Gasteiger partial charge in [0.25, 0.3) is 5.91 Å². The van der Waals surface area contributed by atoms with Crippen molar-refractivity contribution in [2.45, 2.75) is 47.1 Å². The van der Waals surface area contributed by atoms with Crippen LogP contribution >= 0.6 is 0 Å². The van der Waals surface area contributed by atoms with Gasteiger partial charge in [-0.1, -0.05) is 20.8 Å². The Bertz CT molecular complexity index is 484. The maximum atomic E-state index is 12.2. The average molecular weight is 279 g/mol. The Balaban J connectivity index is 1.95. The zero-order valence-electron chi connectivity index (χ0n) is 13.1. The first-order valence-electron chi connectivity index (χ1n) is 7.26. The van der Waals surface area contributed by atoms with E-state index in [1.54, 1.807) is 6.07 Å². The van der Waals surface area contributed by atoms with Crippen molar-refractivity contribution in [1.29, 1.82) is 0 Å². The Morgan fingerprint density at radius 1 is 1.40 bits per heavy atom. The highest BCUT2D eigenvalue weighted by Gasteiger charge is 2.37. The van der Waals surface area contributed by atoms with Crippen LogP contribution in [0.25, 0.3) is 0 Å². The quantitative estimate of drug-likeness (QED) is 0.925. The lowest BCUT2D eigenvalue weighted by Gasteiger charge is -2.31. The van der Waals surface area contributed by atoms with Crippen LogP contribution in [0.5, 0.6) is 0 Å². The lowest BCUT2D eigenvalue weighted by atomic mass is 9.81. The molecule has 4 nitrogen and oxygen atoms in total. The van der Waals surface area contributed by atoms with Gasteiger partial charge in [0, 0.05) is 19.1 Å². The SMILES string of the molecule is Cc1cc(C(=O)NC[C@H]2CCO[C@@H]2C(C)(C)C)c(C)o1. The summed E-state index contributed by atoms with van der Waals surface area (Å²) in [6.07, 6.45) is 1.21. The maximum Gasteiger partial charge on any atom is 0.254 e. The number of carbonyl (C=O) groups is 1. The van der Waals surface area contributed by atoms with Gasteiger partial charge >= 0.3 is 0 Å². The van der Waals surface area contributed by atoms with Crippen molar-refractivity contribution in [3.63, 3.8) is 0 Å². The van der Waals surface area contributed by atoms with Gasteiger partial charge in [-0.2, -0.15) is 0 Å². The summed E-state index contributed by atoms with van der Waals surface area (Å²) in [4.78, 5) is 12.2.